The van der Waals surface area contributed by atoms with Crippen LogP contribution >= 0.6 is 0 Å². The molecule has 0 spiro atoms. The molecule has 1 aromatic carbocycles. The van der Waals surface area contributed by atoms with Gasteiger partial charge >= 0.3 is 5.97 Å². The van der Waals surface area contributed by atoms with Gasteiger partial charge in [-0.05, 0) is 37.0 Å². The lowest BCUT2D eigenvalue weighted by atomic mass is 10.0. The molecule has 0 fully saturated rings. The average Bonchev–Trinajstić information content (AvgIpc) is 2.55. The molecule has 3 heteroatoms. The first-order valence-corrected chi connectivity index (χ1v) is 9.07. The van der Waals surface area contributed by atoms with E-state index in [2.05, 4.69) is 10.8 Å². The van der Waals surface area contributed by atoms with E-state index in [1.807, 2.05) is 12.1 Å². The van der Waals surface area contributed by atoms with E-state index in [9.17, 15) is 9.90 Å². The molecule has 0 heterocycles. The van der Waals surface area contributed by atoms with Crippen molar-refractivity contribution in [1.29, 1.82) is 0 Å². The van der Waals surface area contributed by atoms with E-state index in [-0.39, 0.29) is 5.97 Å². The van der Waals surface area contributed by atoms with Crippen LogP contribution in [0.2, 0.25) is 0 Å². The Hall–Kier alpha value is -1.51. The van der Waals surface area contributed by atoms with E-state index in [0.717, 1.165) is 19.3 Å². The molecule has 0 bridgehead atoms. The lowest BCUT2D eigenvalue weighted by molar-refractivity contribution is -0.140. The summed E-state index contributed by atoms with van der Waals surface area (Å²) in [5.74, 6) is 0.282. The summed E-state index contributed by atoms with van der Waals surface area (Å²) in [5.41, 5.74) is 1.23. The number of carbonyl (C=O) groups is 1. The van der Waals surface area contributed by atoms with Gasteiger partial charge < -0.3 is 9.84 Å². The maximum absolute atomic E-state index is 10.9. The Morgan fingerprint density at radius 2 is 1.48 bits per heavy atom. The Labute approximate surface area is 141 Å². The standard InChI is InChI=1S/C20H32O3/c1-23-20(22)16-11-9-7-5-3-2-4-6-8-10-13-18-14-12-15-19(21)17-18/h12,14-15,17,21H,2-11,13,16H2,1H3. The van der Waals surface area contributed by atoms with Gasteiger partial charge in [-0.2, -0.15) is 0 Å². The van der Waals surface area contributed by atoms with Crippen LogP contribution in [0.25, 0.3) is 0 Å². The third-order valence-corrected chi connectivity index (χ3v) is 4.23. The van der Waals surface area contributed by atoms with E-state index in [4.69, 9.17) is 0 Å². The van der Waals surface area contributed by atoms with E-state index in [1.165, 1.54) is 64.0 Å². The van der Waals surface area contributed by atoms with Gasteiger partial charge in [0.2, 0.25) is 0 Å². The van der Waals surface area contributed by atoms with Crippen LogP contribution in [-0.2, 0) is 16.0 Å². The zero-order valence-electron chi connectivity index (χ0n) is 14.6. The number of aromatic hydroxyl groups is 1. The predicted octanol–water partition coefficient (Wildman–Crippen LogP) is 5.40. The quantitative estimate of drug-likeness (QED) is 0.391. The van der Waals surface area contributed by atoms with E-state index in [0.29, 0.717) is 12.2 Å². The van der Waals surface area contributed by atoms with Crippen molar-refractivity contribution in [3.63, 3.8) is 0 Å². The second-order valence-corrected chi connectivity index (χ2v) is 6.28. The fourth-order valence-electron chi connectivity index (χ4n) is 2.83. The molecule has 1 aromatic rings. The van der Waals surface area contributed by atoms with Crippen molar-refractivity contribution < 1.29 is 14.6 Å². The van der Waals surface area contributed by atoms with E-state index < -0.39 is 0 Å². The first-order chi connectivity index (χ1) is 11.2. The number of methoxy groups -OCH3 is 1. The number of rotatable bonds is 13. The molecule has 0 aliphatic rings. The number of phenols is 1. The van der Waals surface area contributed by atoms with Crippen molar-refractivity contribution in [1.82, 2.24) is 0 Å². The van der Waals surface area contributed by atoms with E-state index >= 15 is 0 Å². The first-order valence-electron chi connectivity index (χ1n) is 9.07. The molecule has 0 aliphatic carbocycles. The topological polar surface area (TPSA) is 46.5 Å². The van der Waals surface area contributed by atoms with Crippen LogP contribution in [0.15, 0.2) is 24.3 Å². The van der Waals surface area contributed by atoms with E-state index in [1.54, 1.807) is 6.07 Å². The van der Waals surface area contributed by atoms with Gasteiger partial charge in [0.05, 0.1) is 7.11 Å². The van der Waals surface area contributed by atoms with Crippen LogP contribution in [-0.4, -0.2) is 18.2 Å². The number of ether oxygens (including phenoxy) is 1. The minimum absolute atomic E-state index is 0.0873. The molecule has 3 nitrogen and oxygen atoms in total. The van der Waals surface area contributed by atoms with Crippen LogP contribution < -0.4 is 0 Å². The molecular weight excluding hydrogens is 288 g/mol. The summed E-state index contributed by atoms with van der Waals surface area (Å²) in [6.07, 6.45) is 14.0. The van der Waals surface area contributed by atoms with Crippen LogP contribution in [0, 0.1) is 0 Å². The Morgan fingerprint density at radius 1 is 0.913 bits per heavy atom. The van der Waals surface area contributed by atoms with Gasteiger partial charge in [0.15, 0.2) is 0 Å². The van der Waals surface area contributed by atoms with Gasteiger partial charge in [-0.1, -0.05) is 63.5 Å². The number of carbonyl (C=O) groups excluding carboxylic acids is 1. The molecular formula is C20H32O3. The third kappa shape index (κ3) is 10.8. The number of unbranched alkanes of at least 4 members (excludes halogenated alkanes) is 9. The highest BCUT2D eigenvalue weighted by Crippen LogP contribution is 2.15. The second-order valence-electron chi connectivity index (χ2n) is 6.28. The molecule has 0 atom stereocenters. The summed E-state index contributed by atoms with van der Waals surface area (Å²) >= 11 is 0. The summed E-state index contributed by atoms with van der Waals surface area (Å²) in [7, 11) is 1.45. The minimum Gasteiger partial charge on any atom is -0.508 e. The summed E-state index contributed by atoms with van der Waals surface area (Å²) in [6, 6.07) is 7.58. The Bertz CT molecular complexity index is 429. The fourth-order valence-corrected chi connectivity index (χ4v) is 2.83. The lowest BCUT2D eigenvalue weighted by Gasteiger charge is -2.04. The largest absolute Gasteiger partial charge is 0.508 e. The Morgan fingerprint density at radius 3 is 2.04 bits per heavy atom. The van der Waals surface area contributed by atoms with Gasteiger partial charge in [-0.15, -0.1) is 0 Å². The molecule has 1 rings (SSSR count). The summed E-state index contributed by atoms with van der Waals surface area (Å²) in [6.45, 7) is 0. The number of aryl methyl sites for hydroxylation is 1. The molecule has 0 radical (unpaired) electrons. The Balaban J connectivity index is 1.82. The number of hydrogen-bond acceptors (Lipinski definition) is 3. The molecule has 0 saturated carbocycles. The highest BCUT2D eigenvalue weighted by Gasteiger charge is 1.99. The van der Waals surface area contributed by atoms with Gasteiger partial charge in [0.25, 0.3) is 0 Å². The highest BCUT2D eigenvalue weighted by atomic mass is 16.5. The van der Waals surface area contributed by atoms with Crippen molar-refractivity contribution >= 4 is 5.97 Å². The number of hydrogen-bond donors (Lipinski definition) is 1. The van der Waals surface area contributed by atoms with Crippen LogP contribution in [0.3, 0.4) is 0 Å². The SMILES string of the molecule is COC(=O)CCCCCCCCCCCCc1cccc(O)c1. The summed E-state index contributed by atoms with van der Waals surface area (Å²) < 4.78 is 4.62. The molecule has 130 valence electrons. The lowest BCUT2D eigenvalue weighted by Crippen LogP contribution is -1.99. The molecule has 0 saturated heterocycles. The molecule has 1 N–H and O–H groups in total. The Kier molecular flexibility index (Phi) is 11.0. The number of benzene rings is 1. The van der Waals surface area contributed by atoms with Crippen LogP contribution in [0.1, 0.15) is 76.2 Å². The molecule has 0 aliphatic heterocycles. The van der Waals surface area contributed by atoms with Crippen LogP contribution in [0.5, 0.6) is 5.75 Å². The normalized spacial score (nSPS) is 10.7. The predicted molar refractivity (Wildman–Crippen MR) is 94.6 cm³/mol. The number of phenolic OH excluding ortho intramolecular Hbond substituents is 1. The summed E-state index contributed by atoms with van der Waals surface area (Å²) in [4.78, 5) is 10.9. The minimum atomic E-state index is -0.0873. The van der Waals surface area contributed by atoms with Gasteiger partial charge in [-0.25, -0.2) is 0 Å². The van der Waals surface area contributed by atoms with Crippen molar-refractivity contribution in [3.8, 4) is 5.75 Å². The molecule has 0 aromatic heterocycles. The third-order valence-electron chi connectivity index (χ3n) is 4.23. The summed E-state index contributed by atoms with van der Waals surface area (Å²) in [5, 5.41) is 9.41. The smallest absolute Gasteiger partial charge is 0.305 e. The van der Waals surface area contributed by atoms with Gasteiger partial charge in [0.1, 0.15) is 5.75 Å². The average molecular weight is 320 g/mol. The molecule has 0 amide bonds. The maximum atomic E-state index is 10.9. The molecule has 23 heavy (non-hydrogen) atoms. The highest BCUT2D eigenvalue weighted by molar-refractivity contribution is 5.68. The van der Waals surface area contributed by atoms with Crippen molar-refractivity contribution in [2.24, 2.45) is 0 Å². The van der Waals surface area contributed by atoms with Crippen molar-refractivity contribution in [2.75, 3.05) is 7.11 Å². The molecule has 0 unspecified atom stereocenters. The second kappa shape index (κ2) is 13.0. The zero-order valence-corrected chi connectivity index (χ0v) is 14.6. The van der Waals surface area contributed by atoms with Crippen molar-refractivity contribution in [2.45, 2.75) is 77.0 Å². The van der Waals surface area contributed by atoms with Gasteiger partial charge in [0, 0.05) is 6.42 Å². The first kappa shape index (κ1) is 19.5. The van der Waals surface area contributed by atoms with Gasteiger partial charge in [-0.3, -0.25) is 4.79 Å². The zero-order chi connectivity index (χ0) is 16.8. The van der Waals surface area contributed by atoms with Crippen molar-refractivity contribution in [3.05, 3.63) is 29.8 Å². The van der Waals surface area contributed by atoms with Crippen LogP contribution in [0.4, 0.5) is 0 Å². The maximum Gasteiger partial charge on any atom is 0.305 e. The monoisotopic (exact) mass is 320 g/mol. The number of esters is 1. The fraction of sp³-hybridized carbons (Fsp3) is 0.650.